The third-order valence-corrected chi connectivity index (χ3v) is 8.41. The van der Waals surface area contributed by atoms with Crippen molar-refractivity contribution >= 4 is 27.8 Å². The van der Waals surface area contributed by atoms with Gasteiger partial charge in [0.05, 0.1) is 0 Å². The Kier molecular flexibility index (Phi) is 15.9. The molecular weight excluding hydrogens is 639 g/mol. The van der Waals surface area contributed by atoms with Gasteiger partial charge in [0, 0.05) is 17.1 Å². The van der Waals surface area contributed by atoms with Crippen molar-refractivity contribution < 1.29 is 0 Å². The van der Waals surface area contributed by atoms with E-state index in [2.05, 4.69) is 187 Å². The summed E-state index contributed by atoms with van der Waals surface area (Å²) in [6.07, 6.45) is 7.89. The predicted molar refractivity (Wildman–Crippen MR) is 236 cm³/mol. The molecule has 0 saturated carbocycles. The lowest BCUT2D eigenvalue weighted by Gasteiger charge is -2.26. The number of hydrogen-bond donors (Lipinski definition) is 0. The van der Waals surface area contributed by atoms with E-state index in [4.69, 9.17) is 0 Å². The van der Waals surface area contributed by atoms with Gasteiger partial charge in [-0.3, -0.25) is 0 Å². The zero-order valence-electron chi connectivity index (χ0n) is 32.2. The largest absolute Gasteiger partial charge is 0.311 e. The first-order valence-corrected chi connectivity index (χ1v) is 18.8. The van der Waals surface area contributed by atoms with Crippen LogP contribution in [0.1, 0.15) is 41.5 Å². The van der Waals surface area contributed by atoms with E-state index in [0.29, 0.717) is 0 Å². The van der Waals surface area contributed by atoms with Gasteiger partial charge in [-0.2, -0.15) is 0 Å². The quantitative estimate of drug-likeness (QED) is 0.143. The lowest BCUT2D eigenvalue weighted by Crippen LogP contribution is -2.09. The Morgan fingerprint density at radius 2 is 0.755 bits per heavy atom. The summed E-state index contributed by atoms with van der Waals surface area (Å²) < 4.78 is 0. The average molecular weight is 692 g/mol. The van der Waals surface area contributed by atoms with Crippen LogP contribution in [0.2, 0.25) is 0 Å². The van der Waals surface area contributed by atoms with Crippen LogP contribution < -0.4 is 4.90 Å². The van der Waals surface area contributed by atoms with E-state index >= 15 is 0 Å². The molecular formula is C52H53N. The van der Waals surface area contributed by atoms with Crippen LogP contribution in [0.15, 0.2) is 212 Å². The highest BCUT2D eigenvalue weighted by molar-refractivity contribution is 5.88. The highest BCUT2D eigenvalue weighted by atomic mass is 15.1. The number of para-hydroxylation sites is 1. The Labute approximate surface area is 318 Å². The molecule has 7 aromatic carbocycles. The number of fused-ring (bicyclic) bond motifs is 1. The lowest BCUT2D eigenvalue weighted by atomic mass is 9.99. The molecule has 0 amide bonds. The molecule has 0 aliphatic carbocycles. The summed E-state index contributed by atoms with van der Waals surface area (Å²) in [6, 6.07) is 62.8. The average Bonchev–Trinajstić information content (AvgIpc) is 3.24. The van der Waals surface area contributed by atoms with Gasteiger partial charge in [-0.15, -0.1) is 0 Å². The Hall–Kier alpha value is -6.18. The third-order valence-electron chi connectivity index (χ3n) is 8.41. The van der Waals surface area contributed by atoms with Crippen molar-refractivity contribution in [2.75, 3.05) is 4.90 Å². The monoisotopic (exact) mass is 691 g/mol. The molecule has 0 heterocycles. The van der Waals surface area contributed by atoms with Crippen molar-refractivity contribution in [3.8, 4) is 33.4 Å². The van der Waals surface area contributed by atoms with Gasteiger partial charge in [0.15, 0.2) is 0 Å². The lowest BCUT2D eigenvalue weighted by molar-refractivity contribution is 1.28. The first kappa shape index (κ1) is 39.6. The fraction of sp³-hybridized carbons (Fsp3) is 0.115. The molecule has 0 atom stereocenters. The van der Waals surface area contributed by atoms with Gasteiger partial charge < -0.3 is 4.90 Å². The molecule has 0 radical (unpaired) electrons. The van der Waals surface area contributed by atoms with Gasteiger partial charge in [-0.05, 0) is 112 Å². The highest BCUT2D eigenvalue weighted by Gasteiger charge is 2.13. The summed E-state index contributed by atoms with van der Waals surface area (Å²) in [5.74, 6) is 0. The molecule has 0 fully saturated rings. The summed E-state index contributed by atoms with van der Waals surface area (Å²) in [5.41, 5.74) is 11.7. The minimum Gasteiger partial charge on any atom is -0.311 e. The molecule has 1 heteroatoms. The maximum Gasteiger partial charge on any atom is 0.0462 e. The van der Waals surface area contributed by atoms with Crippen molar-refractivity contribution in [3.05, 3.63) is 212 Å². The second-order valence-electron chi connectivity index (χ2n) is 11.8. The van der Waals surface area contributed by atoms with E-state index in [0.717, 1.165) is 22.6 Å². The van der Waals surface area contributed by atoms with Crippen LogP contribution in [0.3, 0.4) is 0 Å². The normalized spacial score (nSPS) is 10.4. The second-order valence-corrected chi connectivity index (χ2v) is 11.8. The van der Waals surface area contributed by atoms with Crippen LogP contribution in [0.5, 0.6) is 0 Å². The van der Waals surface area contributed by atoms with Gasteiger partial charge in [0.1, 0.15) is 0 Å². The molecule has 1 nitrogen and oxygen atoms in total. The summed E-state index contributed by atoms with van der Waals surface area (Å²) >= 11 is 0. The number of hydrogen-bond acceptors (Lipinski definition) is 1. The number of benzene rings is 7. The van der Waals surface area contributed by atoms with Crippen LogP contribution in [0.4, 0.5) is 17.1 Å². The molecule has 7 aromatic rings. The Morgan fingerprint density at radius 3 is 1.26 bits per heavy atom. The van der Waals surface area contributed by atoms with Crippen molar-refractivity contribution in [1.82, 2.24) is 0 Å². The Morgan fingerprint density at radius 1 is 0.377 bits per heavy atom. The van der Waals surface area contributed by atoms with Gasteiger partial charge >= 0.3 is 0 Å². The zero-order valence-corrected chi connectivity index (χ0v) is 32.2. The van der Waals surface area contributed by atoms with E-state index in [-0.39, 0.29) is 0 Å². The van der Waals surface area contributed by atoms with E-state index in [9.17, 15) is 0 Å². The second kappa shape index (κ2) is 21.2. The van der Waals surface area contributed by atoms with Crippen molar-refractivity contribution in [2.24, 2.45) is 0 Å². The third kappa shape index (κ3) is 10.9. The van der Waals surface area contributed by atoms with Crippen LogP contribution in [-0.4, -0.2) is 0 Å². The Balaban J connectivity index is 0.000000460. The van der Waals surface area contributed by atoms with Crippen LogP contribution >= 0.6 is 0 Å². The fourth-order valence-corrected chi connectivity index (χ4v) is 5.99. The number of nitrogens with zero attached hydrogens (tertiary/aromatic N) is 1. The molecule has 0 unspecified atom stereocenters. The van der Waals surface area contributed by atoms with Gasteiger partial charge in [-0.1, -0.05) is 186 Å². The zero-order chi connectivity index (χ0) is 37.8. The highest BCUT2D eigenvalue weighted by Crippen LogP contribution is 2.37. The minimum atomic E-state index is 1.05. The summed E-state index contributed by atoms with van der Waals surface area (Å²) in [4.78, 5) is 2.31. The predicted octanol–water partition coefficient (Wildman–Crippen LogP) is 16.1. The SMILES string of the molecule is C=C(/C=C\C)/C=C\C.CC.CC.c1ccc(-c2cccc(-c3ccc(N(c4ccccc4)c4ccc(-c5ccc6ccccc6c5)cc4)cc3)c2)cc1. The molecule has 0 bridgehead atoms. The molecule has 7 rings (SSSR count). The van der Waals surface area contributed by atoms with Gasteiger partial charge in [-0.25, -0.2) is 0 Å². The molecule has 266 valence electrons. The summed E-state index contributed by atoms with van der Waals surface area (Å²) in [5, 5.41) is 2.52. The van der Waals surface area contributed by atoms with Gasteiger partial charge in [0.25, 0.3) is 0 Å². The van der Waals surface area contributed by atoms with Crippen molar-refractivity contribution in [1.29, 1.82) is 0 Å². The van der Waals surface area contributed by atoms with Crippen molar-refractivity contribution in [3.63, 3.8) is 0 Å². The molecule has 0 aliphatic heterocycles. The first-order valence-electron chi connectivity index (χ1n) is 18.8. The number of anilines is 3. The summed E-state index contributed by atoms with van der Waals surface area (Å²) in [6.45, 7) is 15.7. The van der Waals surface area contributed by atoms with E-state index < -0.39 is 0 Å². The molecule has 0 saturated heterocycles. The number of allylic oxidation sites excluding steroid dienone is 5. The summed E-state index contributed by atoms with van der Waals surface area (Å²) in [7, 11) is 0. The number of rotatable bonds is 8. The minimum absolute atomic E-state index is 1.05. The molecule has 0 N–H and O–H groups in total. The van der Waals surface area contributed by atoms with E-state index in [1.54, 1.807) is 0 Å². The standard InChI is InChI=1S/C40H29N.C8H12.2C2H6/c1-3-10-30(11-4-1)35-14-9-15-36(28-35)32-20-24-39(25-21-32)41(38-16-5-2-6-17-38)40-26-22-33(23-27-40)37-19-18-31-12-7-8-13-34(31)29-37;1-4-6-8(3)7-5-2;2*1-2/h1-29H;4-7H,3H2,1-2H3;2*1-2H3/b;6-4-,7-5-;;. The Bertz CT molecular complexity index is 2160. The molecule has 0 aliphatic rings. The van der Waals surface area contributed by atoms with Crippen LogP contribution in [0, 0.1) is 0 Å². The molecule has 0 spiro atoms. The van der Waals surface area contributed by atoms with Gasteiger partial charge in [0.2, 0.25) is 0 Å². The molecule has 53 heavy (non-hydrogen) atoms. The van der Waals surface area contributed by atoms with E-state index in [1.165, 1.54) is 44.2 Å². The smallest absolute Gasteiger partial charge is 0.0462 e. The first-order chi connectivity index (χ1) is 26.1. The maximum absolute atomic E-state index is 3.76. The van der Waals surface area contributed by atoms with Crippen LogP contribution in [-0.2, 0) is 0 Å². The topological polar surface area (TPSA) is 3.24 Å². The van der Waals surface area contributed by atoms with E-state index in [1.807, 2.05) is 65.8 Å². The molecule has 0 aromatic heterocycles. The maximum atomic E-state index is 3.76. The van der Waals surface area contributed by atoms with Crippen LogP contribution in [0.25, 0.3) is 44.2 Å². The van der Waals surface area contributed by atoms with Crippen molar-refractivity contribution in [2.45, 2.75) is 41.5 Å². The fourth-order valence-electron chi connectivity index (χ4n) is 5.99.